The molecular weight excluding hydrogens is 279 g/mol. The van der Waals surface area contributed by atoms with Crippen LogP contribution in [-0.4, -0.2) is 9.55 Å². The van der Waals surface area contributed by atoms with E-state index in [1.54, 1.807) is 17.6 Å². The zero-order valence-electron chi connectivity index (χ0n) is 13.9. The van der Waals surface area contributed by atoms with Crippen LogP contribution in [0.25, 0.3) is 11.0 Å². The maximum Gasteiger partial charge on any atom is 0.326 e. The number of imidazole rings is 1. The van der Waals surface area contributed by atoms with E-state index >= 15 is 0 Å². The minimum atomic E-state index is -0.247. The van der Waals surface area contributed by atoms with Crippen molar-refractivity contribution in [2.45, 2.75) is 59.4 Å². The second kappa shape index (κ2) is 5.25. The molecule has 3 nitrogen and oxygen atoms in total. The van der Waals surface area contributed by atoms with E-state index in [1.165, 1.54) is 6.07 Å². The normalized spacial score (nSPS) is 23.1. The minimum Gasteiger partial charge on any atom is -0.306 e. The second-order valence-corrected chi connectivity index (χ2v) is 7.79. The number of aromatic nitrogens is 2. The van der Waals surface area contributed by atoms with Crippen LogP contribution in [0.15, 0.2) is 16.9 Å². The Labute approximate surface area is 130 Å². The number of fused-ring (bicyclic) bond motifs is 1. The summed E-state index contributed by atoms with van der Waals surface area (Å²) in [6, 6.07) is 3.41. The summed E-state index contributed by atoms with van der Waals surface area (Å²) in [6.45, 7) is 8.58. The van der Waals surface area contributed by atoms with Gasteiger partial charge in [-0.15, -0.1) is 0 Å². The highest BCUT2D eigenvalue weighted by Gasteiger charge is 2.31. The van der Waals surface area contributed by atoms with Crippen molar-refractivity contribution in [1.82, 2.24) is 9.55 Å². The minimum absolute atomic E-state index is 0.112. The number of rotatable bonds is 1. The summed E-state index contributed by atoms with van der Waals surface area (Å²) in [4.78, 5) is 15.2. The van der Waals surface area contributed by atoms with Crippen molar-refractivity contribution in [3.05, 3.63) is 34.0 Å². The van der Waals surface area contributed by atoms with Gasteiger partial charge in [0, 0.05) is 12.1 Å². The van der Waals surface area contributed by atoms with Gasteiger partial charge in [-0.1, -0.05) is 20.8 Å². The van der Waals surface area contributed by atoms with Gasteiger partial charge in [0.2, 0.25) is 0 Å². The summed E-state index contributed by atoms with van der Waals surface area (Å²) >= 11 is 0. The summed E-state index contributed by atoms with van der Waals surface area (Å²) in [5.74, 6) is 0.451. The lowest BCUT2D eigenvalue weighted by atomic mass is 9.71. The number of nitrogens with one attached hydrogen (secondary N) is 1. The van der Waals surface area contributed by atoms with Gasteiger partial charge < -0.3 is 4.98 Å². The van der Waals surface area contributed by atoms with Crippen molar-refractivity contribution < 1.29 is 4.39 Å². The van der Waals surface area contributed by atoms with Gasteiger partial charge in [-0.2, -0.15) is 0 Å². The topological polar surface area (TPSA) is 37.8 Å². The maximum atomic E-state index is 13.9. The number of nitrogens with zero attached hydrogens (tertiary/aromatic N) is 1. The van der Waals surface area contributed by atoms with Crippen LogP contribution in [0.3, 0.4) is 0 Å². The zero-order chi connectivity index (χ0) is 16.1. The average molecular weight is 304 g/mol. The van der Waals surface area contributed by atoms with Crippen molar-refractivity contribution in [2.24, 2.45) is 11.3 Å². The standard InChI is InChI=1S/C18H25FN2O/c1-11-9-15-16(10-14(11)19)21(17(22)20-15)13-7-5-12(6-8-13)18(2,3)4/h9-10,12-13H,5-8H2,1-4H3,(H,20,22). The van der Waals surface area contributed by atoms with Gasteiger partial charge in [0.05, 0.1) is 11.0 Å². The molecule has 1 aliphatic carbocycles. The van der Waals surface area contributed by atoms with Crippen LogP contribution in [0.4, 0.5) is 4.39 Å². The van der Waals surface area contributed by atoms with Crippen LogP contribution >= 0.6 is 0 Å². The predicted molar refractivity (Wildman–Crippen MR) is 87.7 cm³/mol. The molecule has 120 valence electrons. The molecule has 0 atom stereocenters. The summed E-state index contributed by atoms with van der Waals surface area (Å²) in [6.07, 6.45) is 4.23. The van der Waals surface area contributed by atoms with E-state index in [2.05, 4.69) is 25.8 Å². The van der Waals surface area contributed by atoms with Gasteiger partial charge >= 0.3 is 5.69 Å². The number of halogens is 1. The van der Waals surface area contributed by atoms with Crippen LogP contribution < -0.4 is 5.69 Å². The Morgan fingerprint density at radius 1 is 1.18 bits per heavy atom. The largest absolute Gasteiger partial charge is 0.326 e. The van der Waals surface area contributed by atoms with E-state index < -0.39 is 0 Å². The fourth-order valence-corrected chi connectivity index (χ4v) is 3.82. The molecule has 0 spiro atoms. The molecule has 1 aliphatic rings. The van der Waals surface area contributed by atoms with Gasteiger partial charge in [-0.05, 0) is 55.6 Å². The number of benzene rings is 1. The molecule has 0 aliphatic heterocycles. The highest BCUT2D eigenvalue weighted by molar-refractivity contribution is 5.76. The van der Waals surface area contributed by atoms with Crippen molar-refractivity contribution in [2.75, 3.05) is 0 Å². The van der Waals surface area contributed by atoms with Gasteiger partial charge in [0.1, 0.15) is 5.82 Å². The molecule has 0 saturated heterocycles. The monoisotopic (exact) mass is 304 g/mol. The van der Waals surface area contributed by atoms with Gasteiger partial charge in [-0.25, -0.2) is 9.18 Å². The first-order valence-electron chi connectivity index (χ1n) is 8.17. The third-order valence-electron chi connectivity index (χ3n) is 5.28. The smallest absolute Gasteiger partial charge is 0.306 e. The molecule has 0 bridgehead atoms. The van der Waals surface area contributed by atoms with E-state index in [4.69, 9.17) is 0 Å². The highest BCUT2D eigenvalue weighted by atomic mass is 19.1. The lowest BCUT2D eigenvalue weighted by Gasteiger charge is -2.37. The molecule has 0 amide bonds. The van der Waals surface area contributed by atoms with Crippen LogP contribution in [0, 0.1) is 24.1 Å². The van der Waals surface area contributed by atoms with Crippen LogP contribution in [-0.2, 0) is 0 Å². The van der Waals surface area contributed by atoms with Gasteiger partial charge in [-0.3, -0.25) is 4.57 Å². The Morgan fingerprint density at radius 2 is 1.82 bits per heavy atom. The Hall–Kier alpha value is -1.58. The van der Waals surface area contributed by atoms with Crippen LogP contribution in [0.5, 0.6) is 0 Å². The molecule has 1 saturated carbocycles. The van der Waals surface area contributed by atoms with E-state index in [9.17, 15) is 9.18 Å². The SMILES string of the molecule is Cc1cc2[nH]c(=O)n(C3CCC(C(C)(C)C)CC3)c2cc1F. The van der Waals surface area contributed by atoms with Gasteiger partial charge in [0.15, 0.2) is 0 Å². The summed E-state index contributed by atoms with van der Waals surface area (Å²) < 4.78 is 15.7. The number of hydrogen-bond donors (Lipinski definition) is 1. The highest BCUT2D eigenvalue weighted by Crippen LogP contribution is 2.41. The van der Waals surface area contributed by atoms with Crippen molar-refractivity contribution in [3.8, 4) is 0 Å². The molecule has 1 aromatic carbocycles. The first-order chi connectivity index (χ1) is 10.3. The van der Waals surface area contributed by atoms with Crippen molar-refractivity contribution in [1.29, 1.82) is 0 Å². The summed E-state index contributed by atoms with van der Waals surface area (Å²) in [5, 5.41) is 0. The van der Waals surface area contributed by atoms with E-state index in [1.807, 2.05) is 0 Å². The first-order valence-corrected chi connectivity index (χ1v) is 8.17. The van der Waals surface area contributed by atoms with E-state index in [0.29, 0.717) is 22.4 Å². The van der Waals surface area contributed by atoms with Crippen LogP contribution in [0.1, 0.15) is 58.1 Å². The summed E-state index contributed by atoms with van der Waals surface area (Å²) in [7, 11) is 0. The lowest BCUT2D eigenvalue weighted by Crippen LogP contribution is -2.30. The Balaban J connectivity index is 1.93. The predicted octanol–water partition coefficient (Wildman–Crippen LogP) is 4.55. The molecule has 0 radical (unpaired) electrons. The lowest BCUT2D eigenvalue weighted by molar-refractivity contribution is 0.152. The van der Waals surface area contributed by atoms with E-state index in [0.717, 1.165) is 31.2 Å². The molecule has 3 rings (SSSR count). The number of aromatic amines is 1. The number of aryl methyl sites for hydroxylation is 1. The quantitative estimate of drug-likeness (QED) is 0.824. The maximum absolute atomic E-state index is 13.9. The third kappa shape index (κ3) is 2.59. The number of H-pyrrole nitrogens is 1. The Kier molecular flexibility index (Phi) is 3.66. The molecule has 1 aromatic heterocycles. The molecule has 0 unspecified atom stereocenters. The molecular formula is C18H25FN2O. The first kappa shape index (κ1) is 15.3. The third-order valence-corrected chi connectivity index (χ3v) is 5.28. The molecule has 4 heteroatoms. The molecule has 1 N–H and O–H groups in total. The summed E-state index contributed by atoms with van der Waals surface area (Å²) in [5.41, 5.74) is 2.21. The fraction of sp³-hybridized carbons (Fsp3) is 0.611. The fourth-order valence-electron chi connectivity index (χ4n) is 3.82. The van der Waals surface area contributed by atoms with E-state index in [-0.39, 0.29) is 17.5 Å². The molecule has 1 fully saturated rings. The Bertz CT molecular complexity index is 743. The molecule has 2 aromatic rings. The van der Waals surface area contributed by atoms with Crippen molar-refractivity contribution >= 4 is 11.0 Å². The average Bonchev–Trinajstić information content (AvgIpc) is 2.74. The van der Waals surface area contributed by atoms with Gasteiger partial charge in [0.25, 0.3) is 0 Å². The molecule has 22 heavy (non-hydrogen) atoms. The van der Waals surface area contributed by atoms with Crippen molar-refractivity contribution in [3.63, 3.8) is 0 Å². The van der Waals surface area contributed by atoms with Crippen LogP contribution in [0.2, 0.25) is 0 Å². The number of hydrogen-bond acceptors (Lipinski definition) is 1. The molecule has 1 heterocycles. The second-order valence-electron chi connectivity index (χ2n) is 7.79. The zero-order valence-corrected chi connectivity index (χ0v) is 13.9. The Morgan fingerprint density at radius 3 is 2.41 bits per heavy atom.